The normalized spacial score (nSPS) is 10.5. The number of carbonyl (C=O) groups is 1. The van der Waals surface area contributed by atoms with Crippen molar-refractivity contribution >= 4 is 37.8 Å². The Balaban J connectivity index is 3.40. The van der Waals surface area contributed by atoms with Crippen molar-refractivity contribution in [3.63, 3.8) is 0 Å². The molecule has 1 aromatic heterocycles. The van der Waals surface area contributed by atoms with E-state index in [1.54, 1.807) is 0 Å². The van der Waals surface area contributed by atoms with Gasteiger partial charge in [0.15, 0.2) is 0 Å². The number of nitrogens with zero attached hydrogens (tertiary/aromatic N) is 1. The highest BCUT2D eigenvalue weighted by Gasteiger charge is 2.24. The standard InChI is InChI=1S/C8H5Br2F2NO2/c1-15-8(14)3-2-13-6(10)5(9)4(3)7(11)12/h2,7H,1H3. The van der Waals surface area contributed by atoms with Gasteiger partial charge in [-0.25, -0.2) is 18.6 Å². The minimum atomic E-state index is -2.78. The molecular formula is C8H5Br2F2NO2. The zero-order valence-corrected chi connectivity index (χ0v) is 10.6. The van der Waals surface area contributed by atoms with E-state index in [1.807, 2.05) is 0 Å². The van der Waals surface area contributed by atoms with Crippen LogP contribution in [0.3, 0.4) is 0 Å². The first-order valence-electron chi connectivity index (χ1n) is 3.69. The molecule has 0 saturated carbocycles. The summed E-state index contributed by atoms with van der Waals surface area (Å²) in [5, 5.41) is 0. The van der Waals surface area contributed by atoms with Crippen LogP contribution in [0.15, 0.2) is 15.3 Å². The van der Waals surface area contributed by atoms with E-state index in [4.69, 9.17) is 0 Å². The van der Waals surface area contributed by atoms with Crippen LogP contribution in [0, 0.1) is 0 Å². The first-order chi connectivity index (χ1) is 6.99. The van der Waals surface area contributed by atoms with Gasteiger partial charge in [0.25, 0.3) is 6.43 Å². The molecular weight excluding hydrogens is 340 g/mol. The molecule has 82 valence electrons. The number of hydrogen-bond acceptors (Lipinski definition) is 3. The van der Waals surface area contributed by atoms with Crippen molar-refractivity contribution in [3.8, 4) is 0 Å². The number of ether oxygens (including phenoxy) is 1. The molecule has 1 heterocycles. The Morgan fingerprint density at radius 3 is 2.60 bits per heavy atom. The predicted octanol–water partition coefficient (Wildman–Crippen LogP) is 3.33. The molecule has 1 rings (SSSR count). The van der Waals surface area contributed by atoms with Gasteiger partial charge >= 0.3 is 5.97 Å². The second-order valence-corrected chi connectivity index (χ2v) is 4.03. The van der Waals surface area contributed by atoms with Crippen LogP contribution in [0.5, 0.6) is 0 Å². The van der Waals surface area contributed by atoms with E-state index >= 15 is 0 Å². The Labute approximate surface area is 101 Å². The smallest absolute Gasteiger partial charge is 0.339 e. The van der Waals surface area contributed by atoms with Crippen LogP contribution in [0.2, 0.25) is 0 Å². The number of rotatable bonds is 2. The fourth-order valence-corrected chi connectivity index (χ4v) is 1.77. The number of pyridine rings is 1. The Kier molecular flexibility index (Phi) is 4.15. The molecule has 1 aromatic rings. The van der Waals surface area contributed by atoms with Gasteiger partial charge in [0.1, 0.15) is 4.60 Å². The van der Waals surface area contributed by atoms with Crippen molar-refractivity contribution in [2.45, 2.75) is 6.43 Å². The average Bonchev–Trinajstić information content (AvgIpc) is 2.20. The van der Waals surface area contributed by atoms with Crippen LogP contribution >= 0.6 is 31.9 Å². The van der Waals surface area contributed by atoms with Gasteiger partial charge in [-0.3, -0.25) is 0 Å². The first kappa shape index (κ1) is 12.5. The molecule has 0 aliphatic carbocycles. The lowest BCUT2D eigenvalue weighted by Crippen LogP contribution is -2.08. The molecule has 0 radical (unpaired) electrons. The second kappa shape index (κ2) is 4.98. The van der Waals surface area contributed by atoms with Crippen LogP contribution in [0.25, 0.3) is 0 Å². The quantitative estimate of drug-likeness (QED) is 0.610. The van der Waals surface area contributed by atoms with Gasteiger partial charge in [-0.1, -0.05) is 0 Å². The fraction of sp³-hybridized carbons (Fsp3) is 0.250. The van der Waals surface area contributed by atoms with Gasteiger partial charge in [-0.2, -0.15) is 0 Å². The molecule has 0 bridgehead atoms. The lowest BCUT2D eigenvalue weighted by atomic mass is 10.1. The number of carbonyl (C=O) groups excluding carboxylic acids is 1. The molecule has 0 atom stereocenters. The Morgan fingerprint density at radius 2 is 2.13 bits per heavy atom. The minimum Gasteiger partial charge on any atom is -0.465 e. The van der Waals surface area contributed by atoms with E-state index in [2.05, 4.69) is 41.6 Å². The van der Waals surface area contributed by atoms with Crippen LogP contribution in [0.4, 0.5) is 8.78 Å². The Morgan fingerprint density at radius 1 is 1.53 bits per heavy atom. The number of methoxy groups -OCH3 is 1. The van der Waals surface area contributed by atoms with E-state index in [9.17, 15) is 13.6 Å². The van der Waals surface area contributed by atoms with E-state index in [0.717, 1.165) is 13.3 Å². The largest absolute Gasteiger partial charge is 0.465 e. The van der Waals surface area contributed by atoms with Gasteiger partial charge in [0, 0.05) is 6.20 Å². The molecule has 0 aliphatic heterocycles. The number of alkyl halides is 2. The lowest BCUT2D eigenvalue weighted by molar-refractivity contribution is 0.0588. The molecule has 0 aliphatic rings. The summed E-state index contributed by atoms with van der Waals surface area (Å²) in [6.45, 7) is 0. The molecule has 15 heavy (non-hydrogen) atoms. The van der Waals surface area contributed by atoms with Crippen LogP contribution < -0.4 is 0 Å². The van der Waals surface area contributed by atoms with Gasteiger partial charge in [-0.05, 0) is 31.9 Å². The summed E-state index contributed by atoms with van der Waals surface area (Å²) < 4.78 is 30.0. The highest BCUT2D eigenvalue weighted by atomic mass is 79.9. The van der Waals surface area contributed by atoms with E-state index < -0.39 is 18.0 Å². The number of esters is 1. The van der Waals surface area contributed by atoms with Crippen molar-refractivity contribution < 1.29 is 18.3 Å². The minimum absolute atomic E-state index is 0.0559. The molecule has 3 nitrogen and oxygen atoms in total. The molecule has 0 saturated heterocycles. The topological polar surface area (TPSA) is 39.2 Å². The summed E-state index contributed by atoms with van der Waals surface area (Å²) in [4.78, 5) is 14.9. The van der Waals surface area contributed by atoms with Crippen molar-refractivity contribution in [3.05, 3.63) is 26.4 Å². The molecule has 0 spiro atoms. The summed E-state index contributed by atoms with van der Waals surface area (Å²) in [6, 6.07) is 0. The van der Waals surface area contributed by atoms with Crippen molar-refractivity contribution in [2.75, 3.05) is 7.11 Å². The van der Waals surface area contributed by atoms with E-state index in [0.29, 0.717) is 0 Å². The molecule has 0 unspecified atom stereocenters. The highest BCUT2D eigenvalue weighted by Crippen LogP contribution is 2.34. The number of halogens is 4. The van der Waals surface area contributed by atoms with Gasteiger partial charge in [0.05, 0.1) is 22.7 Å². The van der Waals surface area contributed by atoms with Gasteiger partial charge in [-0.15, -0.1) is 0 Å². The summed E-state index contributed by atoms with van der Waals surface area (Å²) >= 11 is 5.91. The molecule has 0 fully saturated rings. The summed E-state index contributed by atoms with van der Waals surface area (Å²) in [5.74, 6) is -0.842. The third-order valence-electron chi connectivity index (χ3n) is 1.64. The summed E-state index contributed by atoms with van der Waals surface area (Å²) in [7, 11) is 1.12. The molecule has 7 heteroatoms. The third-order valence-corrected chi connectivity index (χ3v) is 3.57. The predicted molar refractivity (Wildman–Crippen MR) is 55.9 cm³/mol. The Bertz CT molecular complexity index is 398. The van der Waals surface area contributed by atoms with E-state index in [-0.39, 0.29) is 14.6 Å². The average molecular weight is 345 g/mol. The SMILES string of the molecule is COC(=O)c1cnc(Br)c(Br)c1C(F)F. The maximum atomic E-state index is 12.7. The molecule has 0 aromatic carbocycles. The maximum Gasteiger partial charge on any atom is 0.339 e. The number of hydrogen-bond donors (Lipinski definition) is 0. The number of aromatic nitrogens is 1. The highest BCUT2D eigenvalue weighted by molar-refractivity contribution is 9.13. The summed E-state index contributed by atoms with van der Waals surface area (Å²) in [5.41, 5.74) is -0.675. The first-order valence-corrected chi connectivity index (χ1v) is 5.28. The molecule has 0 amide bonds. The van der Waals surface area contributed by atoms with Crippen LogP contribution in [-0.4, -0.2) is 18.1 Å². The fourth-order valence-electron chi connectivity index (χ4n) is 0.963. The van der Waals surface area contributed by atoms with Gasteiger partial charge < -0.3 is 4.74 Å². The lowest BCUT2D eigenvalue weighted by Gasteiger charge is -2.09. The Hall–Kier alpha value is -0.560. The zero-order valence-electron chi connectivity index (χ0n) is 7.43. The second-order valence-electron chi connectivity index (χ2n) is 2.48. The van der Waals surface area contributed by atoms with Crippen LogP contribution in [0.1, 0.15) is 22.3 Å². The van der Waals surface area contributed by atoms with Crippen molar-refractivity contribution in [1.29, 1.82) is 0 Å². The monoisotopic (exact) mass is 343 g/mol. The molecule has 0 N–H and O–H groups in total. The van der Waals surface area contributed by atoms with Crippen molar-refractivity contribution in [2.24, 2.45) is 0 Å². The van der Waals surface area contributed by atoms with E-state index in [1.165, 1.54) is 0 Å². The van der Waals surface area contributed by atoms with Crippen molar-refractivity contribution in [1.82, 2.24) is 4.98 Å². The summed E-state index contributed by atoms with van der Waals surface area (Å²) in [6.07, 6.45) is -1.74. The maximum absolute atomic E-state index is 12.7. The third kappa shape index (κ3) is 2.52. The van der Waals surface area contributed by atoms with Crippen LogP contribution in [-0.2, 0) is 4.74 Å². The van der Waals surface area contributed by atoms with Gasteiger partial charge in [0.2, 0.25) is 0 Å². The zero-order chi connectivity index (χ0) is 11.6.